The summed E-state index contributed by atoms with van der Waals surface area (Å²) in [5.41, 5.74) is 3.56. The Hall–Kier alpha value is -2.93. The van der Waals surface area contributed by atoms with E-state index in [0.717, 1.165) is 5.56 Å². The molecule has 0 saturated heterocycles. The van der Waals surface area contributed by atoms with Gasteiger partial charge in [0.15, 0.2) is 6.61 Å². The Morgan fingerprint density at radius 3 is 2.71 bits per heavy atom. The minimum absolute atomic E-state index is 0.116. The zero-order valence-electron chi connectivity index (χ0n) is 12.7. The van der Waals surface area contributed by atoms with Gasteiger partial charge in [-0.25, -0.2) is 5.43 Å². The standard InChI is InChI=1S/C16H14ClN3O4/c1-11-2-5-14(6-3-11)24-10-16(21)19-18-9-12-8-13(20(22)23)4-7-15(12)17/h2-9H,10H2,1H3,(H,19,21). The number of nitrogens with zero attached hydrogens (tertiary/aromatic N) is 2. The second-order valence-electron chi connectivity index (χ2n) is 4.86. The second-order valence-corrected chi connectivity index (χ2v) is 5.27. The van der Waals surface area contributed by atoms with E-state index >= 15 is 0 Å². The molecule has 0 aliphatic carbocycles. The SMILES string of the molecule is Cc1ccc(OCC(=O)NN=Cc2cc([N+](=O)[O-])ccc2Cl)cc1. The van der Waals surface area contributed by atoms with Crippen LogP contribution in [0.3, 0.4) is 0 Å². The van der Waals surface area contributed by atoms with Crippen molar-refractivity contribution < 1.29 is 14.5 Å². The smallest absolute Gasteiger partial charge is 0.277 e. The molecule has 0 atom stereocenters. The summed E-state index contributed by atoms with van der Waals surface area (Å²) in [5, 5.41) is 14.7. The van der Waals surface area contributed by atoms with Gasteiger partial charge >= 0.3 is 0 Å². The summed E-state index contributed by atoms with van der Waals surface area (Å²) in [5.74, 6) is 0.106. The third-order valence-corrected chi connectivity index (χ3v) is 3.32. The van der Waals surface area contributed by atoms with E-state index in [1.165, 1.54) is 24.4 Å². The van der Waals surface area contributed by atoms with Gasteiger partial charge in [0.2, 0.25) is 0 Å². The van der Waals surface area contributed by atoms with E-state index < -0.39 is 10.8 Å². The van der Waals surface area contributed by atoms with Crippen molar-refractivity contribution in [3.05, 3.63) is 68.7 Å². The number of benzene rings is 2. The first-order valence-electron chi connectivity index (χ1n) is 6.91. The minimum atomic E-state index is -0.540. The lowest BCUT2D eigenvalue weighted by Crippen LogP contribution is -2.24. The maximum absolute atomic E-state index is 11.6. The zero-order valence-corrected chi connectivity index (χ0v) is 13.5. The predicted octanol–water partition coefficient (Wildman–Crippen LogP) is 3.09. The van der Waals surface area contributed by atoms with Crippen molar-refractivity contribution in [3.63, 3.8) is 0 Å². The average molecular weight is 348 g/mol. The molecule has 0 heterocycles. The topological polar surface area (TPSA) is 93.8 Å². The highest BCUT2D eigenvalue weighted by Gasteiger charge is 2.08. The number of amides is 1. The molecule has 0 unspecified atom stereocenters. The third-order valence-electron chi connectivity index (χ3n) is 2.97. The van der Waals surface area contributed by atoms with Crippen LogP contribution in [-0.4, -0.2) is 23.7 Å². The molecule has 0 aliphatic heterocycles. The summed E-state index contributed by atoms with van der Waals surface area (Å²) in [6.45, 7) is 1.74. The van der Waals surface area contributed by atoms with Gasteiger partial charge in [-0.1, -0.05) is 29.3 Å². The van der Waals surface area contributed by atoms with Crippen LogP contribution < -0.4 is 10.2 Å². The van der Waals surface area contributed by atoms with Crippen LogP contribution in [0.1, 0.15) is 11.1 Å². The maximum atomic E-state index is 11.6. The average Bonchev–Trinajstić information content (AvgIpc) is 2.56. The number of hydrogen-bond acceptors (Lipinski definition) is 5. The highest BCUT2D eigenvalue weighted by Crippen LogP contribution is 2.20. The predicted molar refractivity (Wildman–Crippen MR) is 90.5 cm³/mol. The fraction of sp³-hybridized carbons (Fsp3) is 0.125. The molecule has 2 rings (SSSR count). The highest BCUT2D eigenvalue weighted by atomic mass is 35.5. The van der Waals surface area contributed by atoms with Crippen molar-refractivity contribution in [1.29, 1.82) is 0 Å². The molecule has 1 amide bonds. The molecular weight excluding hydrogens is 334 g/mol. The lowest BCUT2D eigenvalue weighted by molar-refractivity contribution is -0.384. The van der Waals surface area contributed by atoms with Crippen molar-refractivity contribution in [1.82, 2.24) is 5.43 Å². The quantitative estimate of drug-likeness (QED) is 0.493. The first-order valence-corrected chi connectivity index (χ1v) is 7.29. The summed E-state index contributed by atoms with van der Waals surface area (Å²) in [6.07, 6.45) is 1.24. The number of ether oxygens (including phenoxy) is 1. The molecule has 0 fully saturated rings. The number of hydrogen-bond donors (Lipinski definition) is 1. The number of nitro benzene ring substituents is 1. The largest absolute Gasteiger partial charge is 0.484 e. The van der Waals surface area contributed by atoms with Gasteiger partial charge in [-0.3, -0.25) is 14.9 Å². The summed E-state index contributed by atoms with van der Waals surface area (Å²) < 4.78 is 5.30. The summed E-state index contributed by atoms with van der Waals surface area (Å²) in [7, 11) is 0. The molecule has 0 radical (unpaired) electrons. The molecule has 0 aromatic heterocycles. The molecule has 8 heteroatoms. The Labute approximate surface area is 143 Å². The first-order chi connectivity index (χ1) is 11.5. The van der Waals surface area contributed by atoms with Crippen molar-refractivity contribution in [2.24, 2.45) is 5.10 Å². The Morgan fingerprint density at radius 2 is 2.04 bits per heavy atom. The molecule has 0 saturated carbocycles. The van der Waals surface area contributed by atoms with Crippen LogP contribution >= 0.6 is 11.6 Å². The highest BCUT2D eigenvalue weighted by molar-refractivity contribution is 6.33. The van der Waals surface area contributed by atoms with Crippen LogP contribution in [0.4, 0.5) is 5.69 Å². The van der Waals surface area contributed by atoms with Crippen molar-refractivity contribution in [3.8, 4) is 5.75 Å². The zero-order chi connectivity index (χ0) is 17.5. The van der Waals surface area contributed by atoms with Gasteiger partial charge in [-0.2, -0.15) is 5.10 Å². The molecule has 0 spiro atoms. The molecule has 0 bridgehead atoms. The molecule has 24 heavy (non-hydrogen) atoms. The number of carbonyl (C=O) groups is 1. The van der Waals surface area contributed by atoms with Gasteiger partial charge in [-0.15, -0.1) is 0 Å². The normalized spacial score (nSPS) is 10.6. The molecular formula is C16H14ClN3O4. The van der Waals surface area contributed by atoms with E-state index in [9.17, 15) is 14.9 Å². The number of carbonyl (C=O) groups excluding carboxylic acids is 1. The number of nitro groups is 1. The maximum Gasteiger partial charge on any atom is 0.277 e. The summed E-state index contributed by atoms with van der Waals surface area (Å²) >= 11 is 5.92. The summed E-state index contributed by atoms with van der Waals surface area (Å²) in [6, 6.07) is 11.2. The van der Waals surface area contributed by atoms with Crippen LogP contribution in [0.5, 0.6) is 5.75 Å². The minimum Gasteiger partial charge on any atom is -0.484 e. The Bertz CT molecular complexity index is 775. The Kier molecular flexibility index (Phi) is 5.86. The van der Waals surface area contributed by atoms with Crippen LogP contribution in [0.15, 0.2) is 47.6 Å². The van der Waals surface area contributed by atoms with Crippen molar-refractivity contribution in [2.45, 2.75) is 6.92 Å². The lowest BCUT2D eigenvalue weighted by atomic mass is 10.2. The molecule has 2 aromatic rings. The van der Waals surface area contributed by atoms with Gasteiger partial charge < -0.3 is 4.74 Å². The van der Waals surface area contributed by atoms with Gasteiger partial charge in [0.05, 0.1) is 11.1 Å². The molecule has 0 aliphatic rings. The molecule has 2 aromatic carbocycles. The number of aryl methyl sites for hydroxylation is 1. The van der Waals surface area contributed by atoms with Crippen LogP contribution in [-0.2, 0) is 4.79 Å². The monoisotopic (exact) mass is 347 g/mol. The second kappa shape index (κ2) is 8.07. The van der Waals surface area contributed by atoms with E-state index in [-0.39, 0.29) is 17.3 Å². The number of halogens is 1. The Balaban J connectivity index is 1.89. The van der Waals surface area contributed by atoms with E-state index in [0.29, 0.717) is 11.3 Å². The first kappa shape index (κ1) is 17.4. The summed E-state index contributed by atoms with van der Waals surface area (Å²) in [4.78, 5) is 21.8. The van der Waals surface area contributed by atoms with E-state index in [1.807, 2.05) is 19.1 Å². The number of hydrazone groups is 1. The van der Waals surface area contributed by atoms with E-state index in [4.69, 9.17) is 16.3 Å². The van der Waals surface area contributed by atoms with Crippen LogP contribution in [0.25, 0.3) is 0 Å². The molecule has 1 N–H and O–H groups in total. The van der Waals surface area contributed by atoms with Gasteiger partial charge in [0, 0.05) is 22.7 Å². The molecule has 7 nitrogen and oxygen atoms in total. The van der Waals surface area contributed by atoms with Crippen molar-refractivity contribution in [2.75, 3.05) is 6.61 Å². The van der Waals surface area contributed by atoms with Gasteiger partial charge in [-0.05, 0) is 25.1 Å². The van der Waals surface area contributed by atoms with E-state index in [2.05, 4.69) is 10.5 Å². The van der Waals surface area contributed by atoms with E-state index in [1.54, 1.807) is 12.1 Å². The fourth-order valence-electron chi connectivity index (χ4n) is 1.73. The molecule has 124 valence electrons. The number of nitrogens with one attached hydrogen (secondary N) is 1. The van der Waals surface area contributed by atoms with Crippen LogP contribution in [0.2, 0.25) is 5.02 Å². The third kappa shape index (κ3) is 5.06. The lowest BCUT2D eigenvalue weighted by Gasteiger charge is -2.05. The Morgan fingerprint density at radius 1 is 1.33 bits per heavy atom. The van der Waals surface area contributed by atoms with Crippen LogP contribution in [0, 0.1) is 17.0 Å². The number of non-ortho nitro benzene ring substituents is 1. The van der Waals surface area contributed by atoms with Gasteiger partial charge in [0.25, 0.3) is 11.6 Å². The number of rotatable bonds is 6. The van der Waals surface area contributed by atoms with Crippen molar-refractivity contribution >= 4 is 29.4 Å². The van der Waals surface area contributed by atoms with Gasteiger partial charge in [0.1, 0.15) is 5.75 Å². The fourth-order valence-corrected chi connectivity index (χ4v) is 1.90.